The fourth-order valence-corrected chi connectivity index (χ4v) is 3.19. The molecular weight excluding hydrogens is 270 g/mol. The molecule has 0 radical (unpaired) electrons. The van der Waals surface area contributed by atoms with Crippen molar-refractivity contribution in [2.24, 2.45) is 0 Å². The van der Waals surface area contributed by atoms with Crippen molar-refractivity contribution in [2.45, 2.75) is 32.1 Å². The lowest BCUT2D eigenvalue weighted by Crippen LogP contribution is -2.32. The number of piperidine rings is 1. The molecule has 16 heavy (non-hydrogen) atoms. The number of hydrogen-bond donors (Lipinski definition) is 0. The first-order valence-corrected chi connectivity index (χ1v) is 6.57. The third-order valence-corrected chi connectivity index (χ3v) is 4.39. The van der Waals surface area contributed by atoms with Gasteiger partial charge in [0, 0.05) is 5.56 Å². The van der Waals surface area contributed by atoms with Crippen LogP contribution in [0.2, 0.25) is 0 Å². The quantitative estimate of drug-likeness (QED) is 0.790. The minimum Gasteiger partial charge on any atom is -0.370 e. The molecule has 2 aliphatic heterocycles. The lowest BCUT2D eigenvalue weighted by atomic mass is 10.1. The van der Waals surface area contributed by atoms with Crippen LogP contribution in [0.5, 0.6) is 0 Å². The first-order chi connectivity index (χ1) is 7.75. The van der Waals surface area contributed by atoms with E-state index >= 15 is 0 Å². The zero-order chi connectivity index (χ0) is 11.1. The van der Waals surface area contributed by atoms with Gasteiger partial charge in [-0.2, -0.15) is 5.10 Å². The Hall–Kier alpha value is -0.390. The fourth-order valence-electron chi connectivity index (χ4n) is 2.48. The number of aromatic nitrogens is 2. The summed E-state index contributed by atoms with van der Waals surface area (Å²) in [6, 6.07) is 0.552. The summed E-state index contributed by atoms with van der Waals surface area (Å²) >= 11 is 3.66. The highest BCUT2D eigenvalue weighted by Gasteiger charge is 2.26. The van der Waals surface area contributed by atoms with Gasteiger partial charge in [0.05, 0.1) is 24.9 Å². The Kier molecular flexibility index (Phi) is 2.77. The molecule has 0 aromatic carbocycles. The molecule has 1 aromatic heterocycles. The zero-order valence-corrected chi connectivity index (χ0v) is 11.0. The Labute approximate surface area is 104 Å². The van der Waals surface area contributed by atoms with Crippen LogP contribution in [0.1, 0.15) is 30.1 Å². The minimum absolute atomic E-state index is 0.552. The standard InChI is InChI=1S/C11H16BrN3O/c1-14-4-2-8(3-5-14)15-11(12)9-6-16-7-10(9)13-15/h8H,2-7H2,1H3. The Balaban J connectivity index is 1.84. The molecule has 1 aromatic rings. The molecule has 0 bridgehead atoms. The maximum atomic E-state index is 5.38. The maximum absolute atomic E-state index is 5.38. The zero-order valence-electron chi connectivity index (χ0n) is 9.45. The van der Waals surface area contributed by atoms with E-state index in [1.807, 2.05) is 0 Å². The summed E-state index contributed by atoms with van der Waals surface area (Å²) in [5.41, 5.74) is 2.37. The van der Waals surface area contributed by atoms with Crippen LogP contribution in [0.3, 0.4) is 0 Å². The number of hydrogen-bond acceptors (Lipinski definition) is 3. The maximum Gasteiger partial charge on any atom is 0.110 e. The van der Waals surface area contributed by atoms with Crippen LogP contribution in [0.4, 0.5) is 0 Å². The van der Waals surface area contributed by atoms with Crippen LogP contribution < -0.4 is 0 Å². The summed E-state index contributed by atoms with van der Waals surface area (Å²) in [7, 11) is 2.18. The highest BCUT2D eigenvalue weighted by molar-refractivity contribution is 9.10. The van der Waals surface area contributed by atoms with Gasteiger partial charge in [0.1, 0.15) is 4.60 Å². The molecule has 1 saturated heterocycles. The molecule has 0 aliphatic carbocycles. The predicted molar refractivity (Wildman–Crippen MR) is 64.2 cm³/mol. The van der Waals surface area contributed by atoms with Crippen molar-refractivity contribution in [3.8, 4) is 0 Å². The molecule has 0 amide bonds. The number of rotatable bonds is 1. The summed E-state index contributed by atoms with van der Waals surface area (Å²) in [4.78, 5) is 2.38. The smallest absolute Gasteiger partial charge is 0.110 e. The van der Waals surface area contributed by atoms with E-state index in [-0.39, 0.29) is 0 Å². The van der Waals surface area contributed by atoms with Crippen LogP contribution in [0.25, 0.3) is 0 Å². The number of fused-ring (bicyclic) bond motifs is 1. The van der Waals surface area contributed by atoms with Crippen molar-refractivity contribution in [3.05, 3.63) is 15.9 Å². The Bertz CT molecular complexity index is 396. The van der Waals surface area contributed by atoms with Gasteiger partial charge >= 0.3 is 0 Å². The lowest BCUT2D eigenvalue weighted by molar-refractivity contribution is 0.128. The van der Waals surface area contributed by atoms with E-state index in [1.165, 1.54) is 18.4 Å². The van der Waals surface area contributed by atoms with Gasteiger partial charge < -0.3 is 9.64 Å². The van der Waals surface area contributed by atoms with Crippen molar-refractivity contribution < 1.29 is 4.74 Å². The molecule has 3 heterocycles. The van der Waals surface area contributed by atoms with Crippen molar-refractivity contribution in [1.82, 2.24) is 14.7 Å². The molecule has 0 spiro atoms. The normalized spacial score (nSPS) is 22.6. The van der Waals surface area contributed by atoms with E-state index in [1.54, 1.807) is 0 Å². The summed E-state index contributed by atoms with van der Waals surface area (Å²) < 4.78 is 8.68. The highest BCUT2D eigenvalue weighted by Crippen LogP contribution is 2.32. The van der Waals surface area contributed by atoms with E-state index in [0.29, 0.717) is 19.3 Å². The van der Waals surface area contributed by atoms with Gasteiger partial charge in [-0.25, -0.2) is 0 Å². The third kappa shape index (κ3) is 1.71. The second-order valence-electron chi connectivity index (χ2n) is 4.69. The molecule has 1 fully saturated rings. The van der Waals surface area contributed by atoms with E-state index in [4.69, 9.17) is 4.74 Å². The molecule has 5 heteroatoms. The average molecular weight is 286 g/mol. The summed E-state index contributed by atoms with van der Waals surface area (Å²) in [5.74, 6) is 0. The second-order valence-corrected chi connectivity index (χ2v) is 5.44. The van der Waals surface area contributed by atoms with Gasteiger partial charge in [-0.05, 0) is 48.9 Å². The second kappa shape index (κ2) is 4.13. The Morgan fingerprint density at radius 3 is 2.75 bits per heavy atom. The third-order valence-electron chi connectivity index (χ3n) is 3.55. The van der Waals surface area contributed by atoms with Gasteiger partial charge in [-0.3, -0.25) is 4.68 Å². The molecule has 3 rings (SSSR count). The van der Waals surface area contributed by atoms with Gasteiger partial charge in [-0.15, -0.1) is 0 Å². The van der Waals surface area contributed by atoms with E-state index < -0.39 is 0 Å². The molecular formula is C11H16BrN3O. The topological polar surface area (TPSA) is 30.3 Å². The summed E-state index contributed by atoms with van der Waals surface area (Å²) in [6.45, 7) is 3.71. The molecule has 0 unspecified atom stereocenters. The van der Waals surface area contributed by atoms with Crippen molar-refractivity contribution >= 4 is 15.9 Å². The van der Waals surface area contributed by atoms with E-state index in [9.17, 15) is 0 Å². The van der Waals surface area contributed by atoms with Crippen molar-refractivity contribution in [1.29, 1.82) is 0 Å². The average Bonchev–Trinajstić information content (AvgIpc) is 2.84. The Morgan fingerprint density at radius 1 is 1.31 bits per heavy atom. The number of nitrogens with zero attached hydrogens (tertiary/aromatic N) is 3. The fraction of sp³-hybridized carbons (Fsp3) is 0.727. The summed E-state index contributed by atoms with van der Waals surface area (Å²) in [6.07, 6.45) is 2.38. The largest absolute Gasteiger partial charge is 0.370 e. The van der Waals surface area contributed by atoms with Crippen molar-refractivity contribution in [2.75, 3.05) is 20.1 Å². The van der Waals surface area contributed by atoms with E-state index in [0.717, 1.165) is 23.4 Å². The number of halogens is 1. The SMILES string of the molecule is CN1CCC(n2nc3c(c2Br)COC3)CC1. The number of ether oxygens (including phenoxy) is 1. The van der Waals surface area contributed by atoms with Crippen LogP contribution in [-0.2, 0) is 18.0 Å². The van der Waals surface area contributed by atoms with Crippen LogP contribution in [0.15, 0.2) is 4.60 Å². The first kappa shape index (κ1) is 10.7. The molecule has 0 saturated carbocycles. The predicted octanol–water partition coefficient (Wildman–Crippen LogP) is 1.94. The highest BCUT2D eigenvalue weighted by atomic mass is 79.9. The molecule has 4 nitrogen and oxygen atoms in total. The van der Waals surface area contributed by atoms with E-state index in [2.05, 4.69) is 37.7 Å². The Morgan fingerprint density at radius 2 is 2.06 bits per heavy atom. The van der Waals surface area contributed by atoms with Gasteiger partial charge in [0.25, 0.3) is 0 Å². The van der Waals surface area contributed by atoms with Crippen LogP contribution in [0, 0.1) is 0 Å². The molecule has 0 N–H and O–H groups in total. The summed E-state index contributed by atoms with van der Waals surface area (Å²) in [5, 5.41) is 4.67. The monoisotopic (exact) mass is 285 g/mol. The van der Waals surface area contributed by atoms with Crippen molar-refractivity contribution in [3.63, 3.8) is 0 Å². The first-order valence-electron chi connectivity index (χ1n) is 5.78. The van der Waals surface area contributed by atoms with Crippen LogP contribution in [-0.4, -0.2) is 34.8 Å². The molecule has 0 atom stereocenters. The van der Waals surface area contributed by atoms with Gasteiger partial charge in [-0.1, -0.05) is 0 Å². The number of likely N-dealkylation sites (tertiary alicyclic amines) is 1. The minimum atomic E-state index is 0.552. The lowest BCUT2D eigenvalue weighted by Gasteiger charge is -2.29. The molecule has 2 aliphatic rings. The van der Waals surface area contributed by atoms with Gasteiger partial charge in [0.2, 0.25) is 0 Å². The molecule has 88 valence electrons. The van der Waals surface area contributed by atoms with Crippen LogP contribution >= 0.6 is 15.9 Å². The van der Waals surface area contributed by atoms with Gasteiger partial charge in [0.15, 0.2) is 0 Å².